The van der Waals surface area contributed by atoms with Gasteiger partial charge in [0.05, 0.1) is 0 Å². The van der Waals surface area contributed by atoms with Gasteiger partial charge in [-0.2, -0.15) is 10.5 Å². The highest BCUT2D eigenvalue weighted by Crippen LogP contribution is 2.42. The van der Waals surface area contributed by atoms with Crippen LogP contribution in [0.4, 0.5) is 25.8 Å². The molecule has 7 heteroatoms. The smallest absolute Gasteiger partial charge is 0.194 e. The fourth-order valence-electron chi connectivity index (χ4n) is 5.73. The number of fused-ring (bicyclic) bond motifs is 2. The first-order valence-electron chi connectivity index (χ1n) is 14.3. The van der Waals surface area contributed by atoms with E-state index < -0.39 is 0 Å². The first kappa shape index (κ1) is 28.6. The number of ketones is 1. The van der Waals surface area contributed by atoms with Crippen molar-refractivity contribution in [1.29, 1.82) is 10.5 Å². The highest BCUT2D eigenvalue weighted by Gasteiger charge is 2.32. The molecule has 0 saturated heterocycles. The molecule has 1 aliphatic rings. The van der Waals surface area contributed by atoms with E-state index in [1.54, 1.807) is 54.6 Å². The van der Waals surface area contributed by atoms with E-state index in [-0.39, 0.29) is 23.0 Å². The maximum Gasteiger partial charge on any atom is 0.194 e. The van der Waals surface area contributed by atoms with Crippen molar-refractivity contribution in [1.82, 2.24) is 0 Å². The van der Waals surface area contributed by atoms with Crippen LogP contribution in [0, 0.1) is 34.3 Å². The summed E-state index contributed by atoms with van der Waals surface area (Å²) in [4.78, 5) is 17.1. The maximum atomic E-state index is 13.7. The van der Waals surface area contributed by atoms with Gasteiger partial charge in [0.25, 0.3) is 0 Å². The Bertz CT molecular complexity index is 2260. The highest BCUT2D eigenvalue weighted by molar-refractivity contribution is 7.16. The molecule has 0 amide bonds. The van der Waals surface area contributed by atoms with Crippen molar-refractivity contribution < 1.29 is 13.6 Å². The van der Waals surface area contributed by atoms with E-state index in [1.807, 2.05) is 59.5 Å². The van der Waals surface area contributed by atoms with Crippen molar-refractivity contribution >= 4 is 56.6 Å². The van der Waals surface area contributed by atoms with Crippen LogP contribution in [-0.4, -0.2) is 5.78 Å². The van der Waals surface area contributed by atoms with Crippen LogP contribution >= 0.6 is 11.3 Å². The summed E-state index contributed by atoms with van der Waals surface area (Å²) < 4.78 is 27.5. The predicted octanol–water partition coefficient (Wildman–Crippen LogP) is 10.4. The molecule has 218 valence electrons. The van der Waals surface area contributed by atoms with Gasteiger partial charge in [0, 0.05) is 43.5 Å². The first-order chi connectivity index (χ1) is 22.4. The van der Waals surface area contributed by atoms with E-state index in [4.69, 9.17) is 0 Å². The Labute approximate surface area is 267 Å². The summed E-state index contributed by atoms with van der Waals surface area (Å²) in [7, 11) is 0. The SMILES string of the molecule is N#CC(C#N)=C1/C(=C\c2ccc(-c3ccc4cc(N(c5ccc(F)cc5)c5ccc(F)cc5)ccc4c3)s2)C(=O)c2ccccc21. The molecule has 46 heavy (non-hydrogen) atoms. The quantitative estimate of drug-likeness (QED) is 0.143. The van der Waals surface area contributed by atoms with Gasteiger partial charge in [-0.15, -0.1) is 11.3 Å². The summed E-state index contributed by atoms with van der Waals surface area (Å²) >= 11 is 1.51. The minimum absolute atomic E-state index is 0.0901. The van der Waals surface area contributed by atoms with Gasteiger partial charge < -0.3 is 4.90 Å². The lowest BCUT2D eigenvalue weighted by Gasteiger charge is -2.25. The molecule has 1 aliphatic carbocycles. The molecule has 0 aliphatic heterocycles. The monoisotopic (exact) mass is 617 g/mol. The Morgan fingerprint density at radius 2 is 1.26 bits per heavy atom. The second-order valence-corrected chi connectivity index (χ2v) is 11.8. The third kappa shape index (κ3) is 5.16. The van der Waals surface area contributed by atoms with Crippen molar-refractivity contribution in [3.05, 3.63) is 160 Å². The van der Waals surface area contributed by atoms with Crippen molar-refractivity contribution in [2.45, 2.75) is 0 Å². The fourth-order valence-corrected chi connectivity index (χ4v) is 6.68. The Morgan fingerprint density at radius 3 is 1.91 bits per heavy atom. The fraction of sp³-hybridized carbons (Fsp3) is 0. The molecule has 0 saturated carbocycles. The molecule has 1 aromatic heterocycles. The summed E-state index contributed by atoms with van der Waals surface area (Å²) in [6, 6.07) is 39.4. The zero-order chi connectivity index (χ0) is 31.8. The van der Waals surface area contributed by atoms with Crippen molar-refractivity contribution in [3.63, 3.8) is 0 Å². The minimum Gasteiger partial charge on any atom is -0.310 e. The molecule has 4 nitrogen and oxygen atoms in total. The van der Waals surface area contributed by atoms with Crippen LogP contribution in [0.1, 0.15) is 20.8 Å². The molecular weight excluding hydrogens is 597 g/mol. The van der Waals surface area contributed by atoms with Crippen LogP contribution in [0.2, 0.25) is 0 Å². The second kappa shape index (κ2) is 11.7. The molecule has 6 aromatic rings. The maximum absolute atomic E-state index is 13.7. The van der Waals surface area contributed by atoms with E-state index in [0.29, 0.717) is 22.3 Å². The number of halogens is 2. The number of carbonyl (C=O) groups is 1. The Morgan fingerprint density at radius 1 is 0.674 bits per heavy atom. The molecule has 7 rings (SSSR count). The van der Waals surface area contributed by atoms with E-state index >= 15 is 0 Å². The van der Waals surface area contributed by atoms with Crippen LogP contribution < -0.4 is 4.90 Å². The number of anilines is 3. The zero-order valence-corrected chi connectivity index (χ0v) is 24.9. The summed E-state index contributed by atoms with van der Waals surface area (Å²) in [6.45, 7) is 0. The van der Waals surface area contributed by atoms with E-state index in [0.717, 1.165) is 43.2 Å². The Kier molecular flexibility index (Phi) is 7.30. The predicted molar refractivity (Wildman–Crippen MR) is 179 cm³/mol. The molecule has 0 spiro atoms. The van der Waals surface area contributed by atoms with E-state index in [2.05, 4.69) is 6.07 Å². The summed E-state index contributed by atoms with van der Waals surface area (Å²) in [5.74, 6) is -0.888. The number of nitrogens with zero attached hydrogens (tertiary/aromatic N) is 3. The molecule has 5 aromatic carbocycles. The van der Waals surface area contributed by atoms with E-state index in [9.17, 15) is 24.1 Å². The average molecular weight is 618 g/mol. The van der Waals surface area contributed by atoms with E-state index in [1.165, 1.54) is 35.6 Å². The lowest BCUT2D eigenvalue weighted by atomic mass is 9.99. The van der Waals surface area contributed by atoms with Gasteiger partial charge in [-0.05, 0) is 107 Å². The molecule has 0 fully saturated rings. The number of Topliss-reactive ketones (excluding diaryl/α,β-unsaturated/α-hetero) is 1. The second-order valence-electron chi connectivity index (χ2n) is 10.6. The topological polar surface area (TPSA) is 67.9 Å². The number of rotatable bonds is 5. The Balaban J connectivity index is 1.23. The lowest BCUT2D eigenvalue weighted by molar-refractivity contribution is 0.104. The molecule has 0 N–H and O–H groups in total. The van der Waals surface area contributed by atoms with Gasteiger partial charge in [0.15, 0.2) is 5.78 Å². The molecule has 0 bridgehead atoms. The number of hydrogen-bond acceptors (Lipinski definition) is 5. The third-order valence-corrected chi connectivity index (χ3v) is 8.96. The van der Waals surface area contributed by atoms with Crippen molar-refractivity contribution in [2.24, 2.45) is 0 Å². The summed E-state index contributed by atoms with van der Waals surface area (Å²) in [5.41, 5.74) is 5.01. The third-order valence-electron chi connectivity index (χ3n) is 7.88. The number of benzene rings is 5. The zero-order valence-electron chi connectivity index (χ0n) is 24.0. The van der Waals surface area contributed by atoms with Gasteiger partial charge in [-0.3, -0.25) is 4.79 Å². The number of thiophene rings is 1. The molecular formula is C39H21F2N3OS. The van der Waals surface area contributed by atoms with Gasteiger partial charge in [0.2, 0.25) is 0 Å². The summed E-state index contributed by atoms with van der Waals surface area (Å²) in [5, 5.41) is 21.2. The standard InChI is InChI=1S/C39H21F2N3OS/c40-28-8-13-30(14-9-28)44(31-15-10-29(41)11-16-31)32-12-7-24-19-26(6-5-25(24)20-32)37-18-17-33(46-37)21-36-38(27(22-42)23-43)34-3-1-2-4-35(34)39(36)45/h1-21H/b36-21+. The van der Waals surface area contributed by atoms with Crippen molar-refractivity contribution in [3.8, 4) is 22.6 Å². The number of allylic oxidation sites excluding steroid dienone is 3. The Hall–Kier alpha value is -6.15. The van der Waals surface area contributed by atoms with Crippen LogP contribution in [-0.2, 0) is 0 Å². The van der Waals surface area contributed by atoms with Gasteiger partial charge >= 0.3 is 0 Å². The summed E-state index contributed by atoms with van der Waals surface area (Å²) in [6.07, 6.45) is 1.76. The van der Waals surface area contributed by atoms with Gasteiger partial charge in [-0.1, -0.05) is 42.5 Å². The number of carbonyl (C=O) groups excluding carboxylic acids is 1. The number of hydrogen-bond donors (Lipinski definition) is 0. The molecule has 1 heterocycles. The lowest BCUT2D eigenvalue weighted by Crippen LogP contribution is -2.10. The van der Waals surface area contributed by atoms with Crippen LogP contribution in [0.5, 0.6) is 0 Å². The van der Waals surface area contributed by atoms with Gasteiger partial charge in [0.1, 0.15) is 29.3 Å². The van der Waals surface area contributed by atoms with Crippen molar-refractivity contribution in [2.75, 3.05) is 4.90 Å². The normalized spacial score (nSPS) is 13.0. The average Bonchev–Trinajstić information content (AvgIpc) is 3.66. The molecule has 0 unspecified atom stereocenters. The number of nitriles is 2. The van der Waals surface area contributed by atoms with Gasteiger partial charge in [-0.25, -0.2) is 8.78 Å². The molecule has 0 radical (unpaired) electrons. The highest BCUT2D eigenvalue weighted by atomic mass is 32.1. The van der Waals surface area contributed by atoms with Crippen LogP contribution in [0.3, 0.4) is 0 Å². The van der Waals surface area contributed by atoms with Crippen LogP contribution in [0.25, 0.3) is 32.9 Å². The largest absolute Gasteiger partial charge is 0.310 e. The minimum atomic E-state index is -0.340. The first-order valence-corrected chi connectivity index (χ1v) is 15.1. The van der Waals surface area contributed by atoms with Crippen LogP contribution in [0.15, 0.2) is 132 Å². The molecule has 0 atom stereocenters.